The first-order chi connectivity index (χ1) is 15.3. The van der Waals surface area contributed by atoms with Crippen LogP contribution >= 0.6 is 23.6 Å². The summed E-state index contributed by atoms with van der Waals surface area (Å²) in [4.78, 5) is 29.4. The molecule has 1 fully saturated rings. The molecule has 7 nitrogen and oxygen atoms in total. The van der Waals surface area contributed by atoms with Gasteiger partial charge < -0.3 is 24.6 Å². The summed E-state index contributed by atoms with van der Waals surface area (Å²) in [5.41, 5.74) is 1.77. The van der Waals surface area contributed by atoms with Crippen LogP contribution in [0.2, 0.25) is 0 Å². The van der Waals surface area contributed by atoms with Crippen molar-refractivity contribution in [3.8, 4) is 0 Å². The standard InChI is InChI=1S/C22H26FN3O4S2/c1-4-29-20(27)17-14(3)18(21(28)30-5-2)32-19(17)24-22(31)26-12-10-25(11-13-26)16-8-6-15(23)7-9-16/h6-9H,4-5,10-13H2,1-3H3,(H,24,31). The smallest absolute Gasteiger partial charge is 0.348 e. The highest BCUT2D eigenvalue weighted by molar-refractivity contribution is 7.80. The molecule has 172 valence electrons. The summed E-state index contributed by atoms with van der Waals surface area (Å²) in [5, 5.41) is 4.07. The summed E-state index contributed by atoms with van der Waals surface area (Å²) in [6.07, 6.45) is 0. The quantitative estimate of drug-likeness (QED) is 0.491. The van der Waals surface area contributed by atoms with Crippen molar-refractivity contribution in [2.75, 3.05) is 49.6 Å². The number of thiophene rings is 1. The lowest BCUT2D eigenvalue weighted by molar-refractivity contribution is 0.0527. The van der Waals surface area contributed by atoms with Gasteiger partial charge in [0, 0.05) is 31.9 Å². The maximum absolute atomic E-state index is 13.2. The number of carbonyl (C=O) groups excluding carboxylic acids is 2. The fourth-order valence-corrected chi connectivity index (χ4v) is 4.87. The lowest BCUT2D eigenvalue weighted by Crippen LogP contribution is -2.50. The topological polar surface area (TPSA) is 71.1 Å². The molecule has 0 unspecified atom stereocenters. The van der Waals surface area contributed by atoms with Crippen molar-refractivity contribution in [1.82, 2.24) is 4.90 Å². The van der Waals surface area contributed by atoms with E-state index >= 15 is 0 Å². The molecule has 0 aliphatic carbocycles. The molecule has 1 aliphatic heterocycles. The first-order valence-electron chi connectivity index (χ1n) is 10.4. The number of ether oxygens (including phenoxy) is 2. The molecule has 10 heteroatoms. The van der Waals surface area contributed by atoms with Crippen molar-refractivity contribution in [2.45, 2.75) is 20.8 Å². The van der Waals surface area contributed by atoms with E-state index in [1.54, 1.807) is 32.9 Å². The minimum absolute atomic E-state index is 0.220. The van der Waals surface area contributed by atoms with E-state index in [1.165, 1.54) is 12.1 Å². The normalized spacial score (nSPS) is 13.6. The Hall–Kier alpha value is -2.72. The van der Waals surface area contributed by atoms with Crippen LogP contribution in [0.25, 0.3) is 0 Å². The Bertz CT molecular complexity index is 986. The van der Waals surface area contributed by atoms with Crippen LogP contribution in [0.1, 0.15) is 39.4 Å². The van der Waals surface area contributed by atoms with Crippen LogP contribution in [-0.2, 0) is 9.47 Å². The van der Waals surface area contributed by atoms with E-state index in [1.807, 2.05) is 4.90 Å². The summed E-state index contributed by atoms with van der Waals surface area (Å²) in [5.74, 6) is -1.25. The lowest BCUT2D eigenvalue weighted by Gasteiger charge is -2.37. The van der Waals surface area contributed by atoms with E-state index in [2.05, 4.69) is 10.2 Å². The van der Waals surface area contributed by atoms with Gasteiger partial charge in [-0.25, -0.2) is 14.0 Å². The highest BCUT2D eigenvalue weighted by atomic mass is 32.1. The Balaban J connectivity index is 1.72. The van der Waals surface area contributed by atoms with Crippen LogP contribution in [0.15, 0.2) is 24.3 Å². The highest BCUT2D eigenvalue weighted by Crippen LogP contribution is 2.34. The van der Waals surface area contributed by atoms with E-state index in [0.717, 1.165) is 30.1 Å². The molecule has 32 heavy (non-hydrogen) atoms. The molecule has 0 radical (unpaired) electrons. The monoisotopic (exact) mass is 479 g/mol. The van der Waals surface area contributed by atoms with Gasteiger partial charge >= 0.3 is 11.9 Å². The summed E-state index contributed by atoms with van der Waals surface area (Å²) in [6.45, 7) is 8.37. The molecule has 0 atom stereocenters. The highest BCUT2D eigenvalue weighted by Gasteiger charge is 2.28. The third-order valence-corrected chi connectivity index (χ3v) is 6.61. The number of carbonyl (C=O) groups is 2. The molecule has 0 bridgehead atoms. The minimum atomic E-state index is -0.511. The third kappa shape index (κ3) is 5.36. The lowest BCUT2D eigenvalue weighted by atomic mass is 10.1. The molecule has 2 aromatic rings. The molecule has 1 saturated heterocycles. The Morgan fingerprint density at radius 2 is 1.66 bits per heavy atom. The van der Waals surface area contributed by atoms with Gasteiger partial charge in [0.15, 0.2) is 5.11 Å². The Morgan fingerprint density at radius 3 is 2.25 bits per heavy atom. The SMILES string of the molecule is CCOC(=O)c1sc(NC(=S)N2CCN(c3ccc(F)cc3)CC2)c(C(=O)OCC)c1C. The zero-order valence-electron chi connectivity index (χ0n) is 18.3. The average molecular weight is 480 g/mol. The van der Waals surface area contributed by atoms with Crippen molar-refractivity contribution >= 4 is 51.3 Å². The first kappa shape index (κ1) is 23.9. The van der Waals surface area contributed by atoms with Gasteiger partial charge in [0.1, 0.15) is 15.7 Å². The Kier molecular flexibility index (Phi) is 8.03. The summed E-state index contributed by atoms with van der Waals surface area (Å²) in [7, 11) is 0. The molecule has 0 amide bonds. The van der Waals surface area contributed by atoms with Crippen molar-refractivity contribution in [1.29, 1.82) is 0 Å². The van der Waals surface area contributed by atoms with Gasteiger partial charge in [0.2, 0.25) is 0 Å². The number of rotatable bonds is 6. The number of thiocarbonyl (C=S) groups is 1. The Labute approximate surface area is 196 Å². The fourth-order valence-electron chi connectivity index (χ4n) is 3.44. The van der Waals surface area contributed by atoms with Crippen LogP contribution in [-0.4, -0.2) is 61.3 Å². The number of esters is 2. The number of nitrogens with zero attached hydrogens (tertiary/aromatic N) is 2. The molecular weight excluding hydrogens is 453 g/mol. The summed E-state index contributed by atoms with van der Waals surface area (Å²) < 4.78 is 23.5. The van der Waals surface area contributed by atoms with Crippen molar-refractivity contribution in [3.63, 3.8) is 0 Å². The zero-order valence-corrected chi connectivity index (χ0v) is 19.9. The number of hydrogen-bond acceptors (Lipinski definition) is 7. The van der Waals surface area contributed by atoms with Gasteiger partial charge in [-0.1, -0.05) is 0 Å². The van der Waals surface area contributed by atoms with Crippen molar-refractivity contribution < 1.29 is 23.5 Å². The predicted octanol–water partition coefficient (Wildman–Crippen LogP) is 4.07. The molecule has 1 aromatic carbocycles. The number of hydrogen-bond donors (Lipinski definition) is 1. The molecule has 2 heterocycles. The van der Waals surface area contributed by atoms with E-state index in [4.69, 9.17) is 21.7 Å². The minimum Gasteiger partial charge on any atom is -0.462 e. The molecule has 1 aromatic heterocycles. The van der Waals surface area contributed by atoms with E-state index < -0.39 is 11.9 Å². The van der Waals surface area contributed by atoms with Crippen LogP contribution in [0.5, 0.6) is 0 Å². The van der Waals surface area contributed by atoms with Gasteiger partial charge in [-0.2, -0.15) is 0 Å². The van der Waals surface area contributed by atoms with Gasteiger partial charge in [-0.15, -0.1) is 11.3 Å². The van der Waals surface area contributed by atoms with Gasteiger partial charge in [0.25, 0.3) is 0 Å². The van der Waals surface area contributed by atoms with Gasteiger partial charge in [-0.05, 0) is 62.8 Å². The average Bonchev–Trinajstić information content (AvgIpc) is 3.10. The molecular formula is C22H26FN3O4S2. The molecule has 1 N–H and O–H groups in total. The van der Waals surface area contributed by atoms with Gasteiger partial charge in [0.05, 0.1) is 18.8 Å². The maximum atomic E-state index is 13.2. The second-order valence-corrected chi connectivity index (χ2v) is 8.49. The number of benzene rings is 1. The number of anilines is 2. The van der Waals surface area contributed by atoms with Crippen LogP contribution < -0.4 is 10.2 Å². The first-order valence-corrected chi connectivity index (χ1v) is 11.6. The second-order valence-electron chi connectivity index (χ2n) is 7.08. The van der Waals surface area contributed by atoms with Crippen LogP contribution in [0.3, 0.4) is 0 Å². The number of halogens is 1. The third-order valence-electron chi connectivity index (χ3n) is 5.07. The Morgan fingerprint density at radius 1 is 1.06 bits per heavy atom. The van der Waals surface area contributed by atoms with Gasteiger partial charge in [-0.3, -0.25) is 0 Å². The zero-order chi connectivity index (χ0) is 23.3. The molecule has 0 saturated carbocycles. The van der Waals surface area contributed by atoms with Crippen molar-refractivity contribution in [3.05, 3.63) is 46.1 Å². The van der Waals surface area contributed by atoms with E-state index in [-0.39, 0.29) is 19.0 Å². The molecule has 1 aliphatic rings. The summed E-state index contributed by atoms with van der Waals surface area (Å²) in [6, 6.07) is 6.42. The molecule has 3 rings (SSSR count). The summed E-state index contributed by atoms with van der Waals surface area (Å²) >= 11 is 6.73. The fraction of sp³-hybridized carbons (Fsp3) is 0.409. The largest absolute Gasteiger partial charge is 0.462 e. The predicted molar refractivity (Wildman–Crippen MR) is 127 cm³/mol. The van der Waals surface area contributed by atoms with Crippen molar-refractivity contribution in [2.24, 2.45) is 0 Å². The number of nitrogens with one attached hydrogen (secondary N) is 1. The van der Waals surface area contributed by atoms with E-state index in [0.29, 0.717) is 39.2 Å². The van der Waals surface area contributed by atoms with E-state index in [9.17, 15) is 14.0 Å². The molecule has 0 spiro atoms. The second kappa shape index (κ2) is 10.7. The van der Waals surface area contributed by atoms with Crippen LogP contribution in [0, 0.1) is 12.7 Å². The number of piperazine rings is 1. The van der Waals surface area contributed by atoms with Crippen LogP contribution in [0.4, 0.5) is 15.1 Å². The maximum Gasteiger partial charge on any atom is 0.348 e.